The molecule has 0 amide bonds. The van der Waals surface area contributed by atoms with E-state index in [9.17, 15) is 0 Å². The summed E-state index contributed by atoms with van der Waals surface area (Å²) in [7, 11) is 0. The fraction of sp³-hybridized carbons (Fsp3) is 0.0909. The number of hydrogen-bond donors (Lipinski definition) is 2. The number of hydrazine groups is 1. The minimum absolute atomic E-state index is 0.558. The van der Waals surface area contributed by atoms with Gasteiger partial charge in [0.05, 0.1) is 5.02 Å². The van der Waals surface area contributed by atoms with Crippen LogP contribution in [0.15, 0.2) is 34.2 Å². The monoisotopic (exact) mass is 300 g/mol. The quantitative estimate of drug-likeness (QED) is 0.516. The van der Waals surface area contributed by atoms with Gasteiger partial charge >= 0.3 is 0 Å². The number of hydrogen-bond acceptors (Lipinski definition) is 5. The Hall–Kier alpha value is -1.01. The molecule has 0 saturated carbocycles. The van der Waals surface area contributed by atoms with Crippen molar-refractivity contribution in [3.63, 3.8) is 0 Å². The molecule has 1 heterocycles. The molecule has 0 bridgehead atoms. The lowest BCUT2D eigenvalue weighted by Crippen LogP contribution is -2.09. The van der Waals surface area contributed by atoms with Crippen LogP contribution in [0.1, 0.15) is 5.82 Å². The van der Waals surface area contributed by atoms with Crippen molar-refractivity contribution in [3.8, 4) is 0 Å². The molecule has 2 rings (SSSR count). The van der Waals surface area contributed by atoms with Crippen LogP contribution in [0.25, 0.3) is 0 Å². The first-order valence-electron chi connectivity index (χ1n) is 5.03. The van der Waals surface area contributed by atoms with Crippen LogP contribution >= 0.6 is 35.0 Å². The lowest BCUT2D eigenvalue weighted by Gasteiger charge is -2.06. The Morgan fingerprint density at radius 1 is 1.22 bits per heavy atom. The molecule has 94 valence electrons. The van der Waals surface area contributed by atoms with Crippen LogP contribution in [0.4, 0.5) is 5.82 Å². The zero-order chi connectivity index (χ0) is 13.1. The van der Waals surface area contributed by atoms with Gasteiger partial charge in [-0.3, -0.25) is 0 Å². The first-order valence-corrected chi connectivity index (χ1v) is 6.61. The molecule has 0 spiro atoms. The van der Waals surface area contributed by atoms with Crippen molar-refractivity contribution in [3.05, 3.63) is 40.1 Å². The Bertz CT molecular complexity index is 577. The maximum absolute atomic E-state index is 6.10. The van der Waals surface area contributed by atoms with Crippen molar-refractivity contribution >= 4 is 40.8 Å². The second-order valence-electron chi connectivity index (χ2n) is 3.46. The Balaban J connectivity index is 2.33. The second-order valence-corrected chi connectivity index (χ2v) is 5.37. The van der Waals surface area contributed by atoms with Crippen LogP contribution in [0.5, 0.6) is 0 Å². The average Bonchev–Trinajstić information content (AvgIpc) is 2.33. The van der Waals surface area contributed by atoms with Gasteiger partial charge in [0.2, 0.25) is 0 Å². The largest absolute Gasteiger partial charge is 0.308 e. The number of aryl methyl sites for hydroxylation is 1. The lowest BCUT2D eigenvalue weighted by molar-refractivity contribution is 0.964. The number of nitrogen functional groups attached to an aromatic ring is 1. The summed E-state index contributed by atoms with van der Waals surface area (Å²) < 4.78 is 0. The van der Waals surface area contributed by atoms with E-state index in [4.69, 9.17) is 29.0 Å². The molecule has 0 fully saturated rings. The van der Waals surface area contributed by atoms with Gasteiger partial charge < -0.3 is 5.43 Å². The van der Waals surface area contributed by atoms with E-state index in [2.05, 4.69) is 15.4 Å². The van der Waals surface area contributed by atoms with Gasteiger partial charge in [0, 0.05) is 16.0 Å². The summed E-state index contributed by atoms with van der Waals surface area (Å²) in [5, 5.41) is 2.01. The SMILES string of the molecule is Cc1nc(NN)cc(Sc2cc(Cl)ccc2Cl)n1. The van der Waals surface area contributed by atoms with Crippen molar-refractivity contribution in [2.75, 3.05) is 5.43 Å². The third kappa shape index (κ3) is 3.26. The summed E-state index contributed by atoms with van der Waals surface area (Å²) in [6, 6.07) is 7.03. The van der Waals surface area contributed by atoms with Crippen molar-refractivity contribution in [1.82, 2.24) is 9.97 Å². The zero-order valence-electron chi connectivity index (χ0n) is 9.45. The fourth-order valence-corrected chi connectivity index (χ4v) is 2.73. The highest BCUT2D eigenvalue weighted by Gasteiger charge is 2.07. The molecule has 0 saturated heterocycles. The average molecular weight is 301 g/mol. The normalized spacial score (nSPS) is 10.4. The number of nitrogens with one attached hydrogen (secondary N) is 1. The molecule has 3 N–H and O–H groups in total. The van der Waals surface area contributed by atoms with Gasteiger partial charge in [-0.15, -0.1) is 0 Å². The third-order valence-electron chi connectivity index (χ3n) is 2.07. The van der Waals surface area contributed by atoms with E-state index in [1.165, 1.54) is 11.8 Å². The van der Waals surface area contributed by atoms with E-state index in [1.54, 1.807) is 31.2 Å². The first-order chi connectivity index (χ1) is 8.58. The fourth-order valence-electron chi connectivity index (χ4n) is 1.33. The Morgan fingerprint density at radius 3 is 2.72 bits per heavy atom. The molecule has 0 atom stereocenters. The molecule has 2 aromatic rings. The van der Waals surface area contributed by atoms with Crippen molar-refractivity contribution in [1.29, 1.82) is 0 Å². The highest BCUT2D eigenvalue weighted by molar-refractivity contribution is 7.99. The molecule has 0 aliphatic heterocycles. The summed E-state index contributed by atoms with van der Waals surface area (Å²) in [5.74, 6) is 6.53. The Morgan fingerprint density at radius 2 is 2.00 bits per heavy atom. The summed E-state index contributed by atoms with van der Waals surface area (Å²) in [6.07, 6.45) is 0. The number of anilines is 1. The Labute approximate surface area is 119 Å². The number of rotatable bonds is 3. The van der Waals surface area contributed by atoms with E-state index in [0.29, 0.717) is 21.7 Å². The van der Waals surface area contributed by atoms with Gasteiger partial charge in [0.1, 0.15) is 16.7 Å². The number of benzene rings is 1. The van der Waals surface area contributed by atoms with Gasteiger partial charge in [-0.2, -0.15) is 0 Å². The molecule has 7 heteroatoms. The van der Waals surface area contributed by atoms with E-state index >= 15 is 0 Å². The highest BCUT2D eigenvalue weighted by Crippen LogP contribution is 2.34. The number of nitrogens with zero attached hydrogens (tertiary/aromatic N) is 2. The highest BCUT2D eigenvalue weighted by atomic mass is 35.5. The minimum atomic E-state index is 0.558. The molecule has 4 nitrogen and oxygen atoms in total. The van der Waals surface area contributed by atoms with Crippen molar-refractivity contribution in [2.24, 2.45) is 5.84 Å². The van der Waals surface area contributed by atoms with Crippen LogP contribution < -0.4 is 11.3 Å². The van der Waals surface area contributed by atoms with Crippen molar-refractivity contribution in [2.45, 2.75) is 16.8 Å². The van der Waals surface area contributed by atoms with Crippen LogP contribution in [0, 0.1) is 6.92 Å². The van der Waals surface area contributed by atoms with Crippen molar-refractivity contribution < 1.29 is 0 Å². The van der Waals surface area contributed by atoms with Crippen LogP contribution in [0.2, 0.25) is 10.0 Å². The zero-order valence-corrected chi connectivity index (χ0v) is 11.8. The minimum Gasteiger partial charge on any atom is -0.308 e. The van der Waals surface area contributed by atoms with E-state index in [-0.39, 0.29) is 0 Å². The van der Waals surface area contributed by atoms with Gasteiger partial charge in [-0.1, -0.05) is 35.0 Å². The molecular formula is C11H10Cl2N4S. The molecule has 1 aromatic carbocycles. The number of halogens is 2. The second kappa shape index (κ2) is 5.75. The van der Waals surface area contributed by atoms with Crippen LogP contribution in [-0.2, 0) is 0 Å². The van der Waals surface area contributed by atoms with Gasteiger partial charge in [0.15, 0.2) is 0 Å². The molecule has 0 aliphatic carbocycles. The molecule has 1 aromatic heterocycles. The van der Waals surface area contributed by atoms with Crippen LogP contribution in [0.3, 0.4) is 0 Å². The van der Waals surface area contributed by atoms with Gasteiger partial charge in [-0.05, 0) is 25.1 Å². The Kier molecular flexibility index (Phi) is 4.29. The standard InChI is InChI=1S/C11H10Cl2N4S/c1-6-15-10(17-14)5-11(16-6)18-9-4-7(12)2-3-8(9)13/h2-5H,14H2,1H3,(H,15,16,17). The first kappa shape index (κ1) is 13.4. The van der Waals surface area contributed by atoms with Gasteiger partial charge in [-0.25, -0.2) is 15.8 Å². The molecule has 0 unspecified atom stereocenters. The van der Waals surface area contributed by atoms with E-state index in [1.807, 2.05) is 0 Å². The third-order valence-corrected chi connectivity index (χ3v) is 3.72. The maximum Gasteiger partial charge on any atom is 0.144 e. The molecular weight excluding hydrogens is 291 g/mol. The predicted molar refractivity (Wildman–Crippen MR) is 75.2 cm³/mol. The summed E-state index contributed by atoms with van der Waals surface area (Å²) in [6.45, 7) is 1.80. The summed E-state index contributed by atoms with van der Waals surface area (Å²) in [4.78, 5) is 9.25. The van der Waals surface area contributed by atoms with E-state index < -0.39 is 0 Å². The summed E-state index contributed by atoms with van der Waals surface area (Å²) >= 11 is 13.4. The predicted octanol–water partition coefficient (Wildman–Crippen LogP) is 3.53. The van der Waals surface area contributed by atoms with Crippen LogP contribution in [-0.4, -0.2) is 9.97 Å². The molecule has 0 radical (unpaired) electrons. The van der Waals surface area contributed by atoms with Gasteiger partial charge in [0.25, 0.3) is 0 Å². The number of nitrogens with two attached hydrogens (primary N) is 1. The lowest BCUT2D eigenvalue weighted by atomic mass is 10.4. The smallest absolute Gasteiger partial charge is 0.144 e. The molecule has 18 heavy (non-hydrogen) atoms. The van der Waals surface area contributed by atoms with E-state index in [0.717, 1.165) is 9.92 Å². The maximum atomic E-state index is 6.10. The topological polar surface area (TPSA) is 63.8 Å². The summed E-state index contributed by atoms with van der Waals surface area (Å²) in [5.41, 5.74) is 2.50. The molecule has 0 aliphatic rings. The number of aromatic nitrogens is 2.